The lowest BCUT2D eigenvalue weighted by Crippen LogP contribution is -2.10. The fraction of sp³-hybridized carbons (Fsp3) is 0.133. The van der Waals surface area contributed by atoms with Crippen LogP contribution in [0.25, 0.3) is 22.6 Å². The first kappa shape index (κ1) is 13.2. The summed E-state index contributed by atoms with van der Waals surface area (Å²) in [6.45, 7) is 1.60. The standard InChI is InChI=1S/C15H12FN3O2/c1-9-5-12-15(17-7-9)19(8-13(20)21)14(18-12)10-3-2-4-11(16)6-10/h2-7H,8H2,1H3,(H,20,21). The first-order chi connectivity index (χ1) is 10.0. The molecule has 0 amide bonds. The lowest BCUT2D eigenvalue weighted by Gasteiger charge is -2.05. The maximum absolute atomic E-state index is 13.4. The molecule has 1 N–H and O–H groups in total. The monoisotopic (exact) mass is 285 g/mol. The Morgan fingerprint density at radius 2 is 2.19 bits per heavy atom. The molecule has 0 aliphatic heterocycles. The van der Waals surface area contributed by atoms with Crippen LogP contribution in [0.5, 0.6) is 0 Å². The van der Waals surface area contributed by atoms with Crippen LogP contribution >= 0.6 is 0 Å². The van der Waals surface area contributed by atoms with Crippen molar-refractivity contribution in [3.05, 3.63) is 47.9 Å². The summed E-state index contributed by atoms with van der Waals surface area (Å²) in [5.74, 6) is -1.01. The van der Waals surface area contributed by atoms with E-state index in [2.05, 4.69) is 9.97 Å². The average Bonchev–Trinajstić information content (AvgIpc) is 2.76. The Hall–Kier alpha value is -2.76. The summed E-state index contributed by atoms with van der Waals surface area (Å²) in [6.07, 6.45) is 1.65. The van der Waals surface area contributed by atoms with E-state index in [1.807, 2.05) is 13.0 Å². The van der Waals surface area contributed by atoms with Crippen LogP contribution in [0.3, 0.4) is 0 Å². The third kappa shape index (κ3) is 2.47. The molecule has 0 unspecified atom stereocenters. The Morgan fingerprint density at radius 3 is 2.90 bits per heavy atom. The highest BCUT2D eigenvalue weighted by Gasteiger charge is 2.16. The molecule has 3 rings (SSSR count). The van der Waals surface area contributed by atoms with Gasteiger partial charge in [0, 0.05) is 11.8 Å². The van der Waals surface area contributed by atoms with Crippen molar-refractivity contribution in [2.75, 3.05) is 0 Å². The van der Waals surface area contributed by atoms with Crippen molar-refractivity contribution < 1.29 is 14.3 Å². The van der Waals surface area contributed by atoms with Gasteiger partial charge in [-0.1, -0.05) is 12.1 Å². The zero-order valence-electron chi connectivity index (χ0n) is 11.2. The number of pyridine rings is 1. The number of carboxylic acids is 1. The van der Waals surface area contributed by atoms with Crippen LogP contribution in [-0.2, 0) is 11.3 Å². The number of imidazole rings is 1. The van der Waals surface area contributed by atoms with Crippen molar-refractivity contribution >= 4 is 17.1 Å². The number of carbonyl (C=O) groups is 1. The number of halogens is 1. The van der Waals surface area contributed by atoms with Gasteiger partial charge < -0.3 is 5.11 Å². The Balaban J connectivity index is 2.27. The van der Waals surface area contributed by atoms with Gasteiger partial charge in [-0.25, -0.2) is 14.4 Å². The second-order valence-electron chi connectivity index (χ2n) is 4.78. The normalized spacial score (nSPS) is 11.0. The highest BCUT2D eigenvalue weighted by atomic mass is 19.1. The van der Waals surface area contributed by atoms with E-state index in [-0.39, 0.29) is 6.54 Å². The molecule has 0 spiro atoms. The van der Waals surface area contributed by atoms with Crippen LogP contribution in [0.1, 0.15) is 5.56 Å². The fourth-order valence-corrected chi connectivity index (χ4v) is 2.24. The summed E-state index contributed by atoms with van der Waals surface area (Å²) in [5.41, 5.74) is 2.51. The minimum Gasteiger partial charge on any atom is -0.480 e. The molecule has 106 valence electrons. The fourth-order valence-electron chi connectivity index (χ4n) is 2.24. The predicted octanol–water partition coefficient (Wildman–Crippen LogP) is 2.63. The van der Waals surface area contributed by atoms with Gasteiger partial charge >= 0.3 is 5.97 Å². The van der Waals surface area contributed by atoms with Crippen LogP contribution in [0, 0.1) is 12.7 Å². The third-order valence-electron chi connectivity index (χ3n) is 3.10. The number of aryl methyl sites for hydroxylation is 1. The number of hydrogen-bond acceptors (Lipinski definition) is 3. The minimum atomic E-state index is -1.01. The molecule has 2 aromatic heterocycles. The molecule has 1 aromatic carbocycles. The Labute approximate surface area is 119 Å². The van der Waals surface area contributed by atoms with Crippen LogP contribution in [-0.4, -0.2) is 25.6 Å². The van der Waals surface area contributed by atoms with Crippen molar-refractivity contribution in [3.63, 3.8) is 0 Å². The first-order valence-corrected chi connectivity index (χ1v) is 6.35. The summed E-state index contributed by atoms with van der Waals surface area (Å²) in [5, 5.41) is 9.07. The quantitative estimate of drug-likeness (QED) is 0.803. The van der Waals surface area contributed by atoms with Gasteiger partial charge in [0.2, 0.25) is 0 Å². The molecular formula is C15H12FN3O2. The SMILES string of the molecule is Cc1cnc2c(c1)nc(-c1cccc(F)c1)n2CC(=O)O. The van der Waals surface area contributed by atoms with Crippen molar-refractivity contribution in [1.82, 2.24) is 14.5 Å². The largest absolute Gasteiger partial charge is 0.480 e. The van der Waals surface area contributed by atoms with E-state index >= 15 is 0 Å². The molecule has 2 heterocycles. The number of aromatic nitrogens is 3. The van der Waals surface area contributed by atoms with Crippen LogP contribution in [0.15, 0.2) is 36.5 Å². The smallest absolute Gasteiger partial charge is 0.323 e. The molecule has 0 radical (unpaired) electrons. The topological polar surface area (TPSA) is 68.0 Å². The molecule has 0 saturated carbocycles. The van der Waals surface area contributed by atoms with Crippen molar-refractivity contribution in [2.24, 2.45) is 0 Å². The molecule has 0 aliphatic carbocycles. The van der Waals surface area contributed by atoms with Crippen molar-refractivity contribution in [3.8, 4) is 11.4 Å². The maximum Gasteiger partial charge on any atom is 0.323 e. The van der Waals surface area contributed by atoms with Crippen LogP contribution < -0.4 is 0 Å². The molecule has 0 atom stereocenters. The highest BCUT2D eigenvalue weighted by molar-refractivity contribution is 5.80. The van der Waals surface area contributed by atoms with Gasteiger partial charge in [-0.2, -0.15) is 0 Å². The number of rotatable bonds is 3. The average molecular weight is 285 g/mol. The van der Waals surface area contributed by atoms with E-state index in [4.69, 9.17) is 5.11 Å². The molecule has 3 aromatic rings. The van der Waals surface area contributed by atoms with E-state index < -0.39 is 11.8 Å². The van der Waals surface area contributed by atoms with E-state index in [0.29, 0.717) is 22.6 Å². The van der Waals surface area contributed by atoms with Gasteiger partial charge in [0.1, 0.15) is 23.7 Å². The second-order valence-corrected chi connectivity index (χ2v) is 4.78. The lowest BCUT2D eigenvalue weighted by molar-refractivity contribution is -0.137. The summed E-state index contributed by atoms with van der Waals surface area (Å²) in [7, 11) is 0. The molecule has 5 nitrogen and oxygen atoms in total. The second kappa shape index (κ2) is 4.97. The van der Waals surface area contributed by atoms with Gasteiger partial charge in [-0.15, -0.1) is 0 Å². The highest BCUT2D eigenvalue weighted by Crippen LogP contribution is 2.24. The number of fused-ring (bicyclic) bond motifs is 1. The van der Waals surface area contributed by atoms with E-state index in [1.165, 1.54) is 16.7 Å². The lowest BCUT2D eigenvalue weighted by atomic mass is 10.2. The van der Waals surface area contributed by atoms with Crippen LogP contribution in [0.4, 0.5) is 4.39 Å². The molecule has 0 fully saturated rings. The van der Waals surface area contributed by atoms with Gasteiger partial charge in [0.25, 0.3) is 0 Å². The number of benzene rings is 1. The number of hydrogen-bond donors (Lipinski definition) is 1. The van der Waals surface area contributed by atoms with E-state index in [9.17, 15) is 9.18 Å². The summed E-state index contributed by atoms with van der Waals surface area (Å²) < 4.78 is 14.9. The van der Waals surface area contributed by atoms with Crippen molar-refractivity contribution in [2.45, 2.75) is 13.5 Å². The number of nitrogens with zero attached hydrogens (tertiary/aromatic N) is 3. The Bertz CT molecular complexity index is 842. The van der Waals surface area contributed by atoms with Gasteiger partial charge in [-0.3, -0.25) is 9.36 Å². The summed E-state index contributed by atoms with van der Waals surface area (Å²) in [6, 6.07) is 7.73. The van der Waals surface area contributed by atoms with Gasteiger partial charge in [-0.05, 0) is 30.7 Å². The maximum atomic E-state index is 13.4. The zero-order valence-corrected chi connectivity index (χ0v) is 11.2. The molecule has 0 aliphatic rings. The molecule has 0 saturated heterocycles. The third-order valence-corrected chi connectivity index (χ3v) is 3.10. The van der Waals surface area contributed by atoms with Gasteiger partial charge in [0.15, 0.2) is 5.65 Å². The Kier molecular flexibility index (Phi) is 3.13. The van der Waals surface area contributed by atoms with Gasteiger partial charge in [0.05, 0.1) is 0 Å². The molecule has 0 bridgehead atoms. The number of aliphatic carboxylic acids is 1. The zero-order chi connectivity index (χ0) is 15.0. The Morgan fingerprint density at radius 1 is 1.38 bits per heavy atom. The minimum absolute atomic E-state index is 0.279. The predicted molar refractivity (Wildman–Crippen MR) is 75.3 cm³/mol. The van der Waals surface area contributed by atoms with E-state index in [0.717, 1.165) is 5.56 Å². The summed E-state index contributed by atoms with van der Waals surface area (Å²) in [4.78, 5) is 19.7. The molecular weight excluding hydrogens is 273 g/mol. The molecule has 21 heavy (non-hydrogen) atoms. The van der Waals surface area contributed by atoms with Crippen molar-refractivity contribution in [1.29, 1.82) is 0 Å². The number of carboxylic acid groups (broad SMARTS) is 1. The first-order valence-electron chi connectivity index (χ1n) is 6.35. The molecule has 6 heteroatoms. The van der Waals surface area contributed by atoms with Crippen LogP contribution in [0.2, 0.25) is 0 Å². The summed E-state index contributed by atoms with van der Waals surface area (Å²) >= 11 is 0. The van der Waals surface area contributed by atoms with E-state index in [1.54, 1.807) is 18.3 Å².